The number of carbonyl (C=O) groups is 1. The molecule has 6 nitrogen and oxygen atoms in total. The van der Waals surface area contributed by atoms with Crippen LogP contribution in [0.3, 0.4) is 0 Å². The number of carbonyl (C=O) groups excluding carboxylic acids is 1. The first-order valence-electron chi connectivity index (χ1n) is 7.45. The molecule has 1 aliphatic rings. The lowest BCUT2D eigenvalue weighted by Gasteiger charge is -2.15. The van der Waals surface area contributed by atoms with Gasteiger partial charge in [-0.15, -0.1) is 0 Å². The number of aromatic nitrogens is 2. The third kappa shape index (κ3) is 3.06. The highest BCUT2D eigenvalue weighted by atomic mass is 16.6. The van der Waals surface area contributed by atoms with Crippen LogP contribution in [0.1, 0.15) is 17.0 Å². The molecule has 0 bridgehead atoms. The van der Waals surface area contributed by atoms with Crippen LogP contribution in [0, 0.1) is 20.8 Å². The number of benzene rings is 1. The predicted octanol–water partition coefficient (Wildman–Crippen LogP) is 2.62. The molecule has 1 amide bonds. The normalized spacial score (nSPS) is 13.8. The van der Waals surface area contributed by atoms with Crippen LogP contribution in [0.5, 0.6) is 0 Å². The van der Waals surface area contributed by atoms with E-state index in [1.807, 2.05) is 49.7 Å². The molecule has 1 aromatic heterocycles. The number of aryl methyl sites for hydroxylation is 2. The van der Waals surface area contributed by atoms with Crippen LogP contribution in [0.4, 0.5) is 5.69 Å². The van der Waals surface area contributed by atoms with Crippen LogP contribution >= 0.6 is 0 Å². The second-order valence-electron chi connectivity index (χ2n) is 5.45. The molecular weight excluding hydrogens is 294 g/mol. The molecule has 0 fully saturated rings. The highest BCUT2D eigenvalue weighted by Crippen LogP contribution is 2.24. The maximum atomic E-state index is 12.2. The van der Waals surface area contributed by atoms with Crippen LogP contribution in [0.15, 0.2) is 36.3 Å². The Kier molecular flexibility index (Phi) is 4.06. The lowest BCUT2D eigenvalue weighted by molar-refractivity contribution is -0.117. The van der Waals surface area contributed by atoms with Gasteiger partial charge in [0.25, 0.3) is 5.91 Å². The molecule has 23 heavy (non-hydrogen) atoms. The number of nitrogens with one attached hydrogen (secondary N) is 1. The first-order chi connectivity index (χ1) is 11.1. The second kappa shape index (κ2) is 6.16. The molecule has 3 rings (SSSR count). The van der Waals surface area contributed by atoms with Gasteiger partial charge in [0.05, 0.1) is 22.8 Å². The second-order valence-corrected chi connectivity index (χ2v) is 5.45. The lowest BCUT2D eigenvalue weighted by atomic mass is 10.2. The summed E-state index contributed by atoms with van der Waals surface area (Å²) in [7, 11) is 0. The molecule has 2 aromatic rings. The van der Waals surface area contributed by atoms with E-state index in [0.29, 0.717) is 18.9 Å². The standard InChI is InChI=1S/C17H19N3O3/c1-11-4-6-14(7-5-11)20-13(3)16(12(2)19-20)18-17(21)15-10-22-8-9-23-15/h4-7,10H,8-9H2,1-3H3,(H,18,21). The smallest absolute Gasteiger partial charge is 0.294 e. The summed E-state index contributed by atoms with van der Waals surface area (Å²) in [5.74, 6) is -0.155. The summed E-state index contributed by atoms with van der Waals surface area (Å²) in [5, 5.41) is 7.37. The minimum Gasteiger partial charge on any atom is -0.494 e. The lowest BCUT2D eigenvalue weighted by Crippen LogP contribution is -2.21. The Balaban J connectivity index is 1.87. The Morgan fingerprint density at radius 3 is 2.57 bits per heavy atom. The summed E-state index contributed by atoms with van der Waals surface area (Å²) >= 11 is 0. The largest absolute Gasteiger partial charge is 0.494 e. The number of amides is 1. The molecule has 6 heteroatoms. The maximum Gasteiger partial charge on any atom is 0.294 e. The molecule has 1 aliphatic heterocycles. The van der Waals surface area contributed by atoms with E-state index in [4.69, 9.17) is 9.47 Å². The van der Waals surface area contributed by atoms with Crippen molar-refractivity contribution in [1.82, 2.24) is 9.78 Å². The van der Waals surface area contributed by atoms with Gasteiger partial charge in [-0.3, -0.25) is 4.79 Å². The van der Waals surface area contributed by atoms with Crippen LogP contribution in [0.25, 0.3) is 5.69 Å². The fourth-order valence-corrected chi connectivity index (χ4v) is 2.42. The molecule has 120 valence electrons. The van der Waals surface area contributed by atoms with Gasteiger partial charge >= 0.3 is 0 Å². The molecule has 1 N–H and O–H groups in total. The van der Waals surface area contributed by atoms with Gasteiger partial charge in [0.15, 0.2) is 0 Å². The zero-order valence-electron chi connectivity index (χ0n) is 13.4. The predicted molar refractivity (Wildman–Crippen MR) is 86.4 cm³/mol. The quantitative estimate of drug-likeness (QED) is 0.946. The van der Waals surface area contributed by atoms with E-state index in [-0.39, 0.29) is 11.7 Å². The van der Waals surface area contributed by atoms with E-state index in [0.717, 1.165) is 17.1 Å². The summed E-state index contributed by atoms with van der Waals surface area (Å²) in [6.45, 7) is 6.65. The molecule has 0 radical (unpaired) electrons. The number of rotatable bonds is 3. The van der Waals surface area contributed by atoms with Gasteiger partial charge in [-0.2, -0.15) is 5.10 Å². The number of hydrogen-bond acceptors (Lipinski definition) is 4. The van der Waals surface area contributed by atoms with Crippen LogP contribution in [-0.4, -0.2) is 28.9 Å². The van der Waals surface area contributed by atoms with Crippen LogP contribution in [0.2, 0.25) is 0 Å². The van der Waals surface area contributed by atoms with E-state index in [1.165, 1.54) is 11.8 Å². The Morgan fingerprint density at radius 2 is 1.91 bits per heavy atom. The fraction of sp³-hybridized carbons (Fsp3) is 0.294. The molecular formula is C17H19N3O3. The zero-order chi connectivity index (χ0) is 16.4. The Labute approximate surface area is 134 Å². The van der Waals surface area contributed by atoms with Crippen molar-refractivity contribution in [3.05, 3.63) is 53.2 Å². The van der Waals surface area contributed by atoms with Gasteiger partial charge in [0.1, 0.15) is 19.5 Å². The van der Waals surface area contributed by atoms with Gasteiger partial charge in [-0.1, -0.05) is 17.7 Å². The van der Waals surface area contributed by atoms with Gasteiger partial charge in [-0.25, -0.2) is 4.68 Å². The highest BCUT2D eigenvalue weighted by molar-refractivity contribution is 6.02. The first kappa shape index (κ1) is 15.1. The van der Waals surface area contributed by atoms with Crippen molar-refractivity contribution >= 4 is 11.6 Å². The summed E-state index contributed by atoms with van der Waals surface area (Å²) in [4.78, 5) is 12.2. The van der Waals surface area contributed by atoms with Crippen molar-refractivity contribution in [1.29, 1.82) is 0 Å². The van der Waals surface area contributed by atoms with E-state index >= 15 is 0 Å². The molecule has 1 aromatic carbocycles. The van der Waals surface area contributed by atoms with Crippen LogP contribution < -0.4 is 5.32 Å². The summed E-state index contributed by atoms with van der Waals surface area (Å²) in [6.07, 6.45) is 1.34. The van der Waals surface area contributed by atoms with Gasteiger partial charge in [0.2, 0.25) is 5.76 Å². The fourth-order valence-electron chi connectivity index (χ4n) is 2.42. The van der Waals surface area contributed by atoms with Gasteiger partial charge in [0, 0.05) is 0 Å². The van der Waals surface area contributed by atoms with Crippen molar-refractivity contribution in [2.45, 2.75) is 20.8 Å². The van der Waals surface area contributed by atoms with E-state index in [9.17, 15) is 4.79 Å². The summed E-state index contributed by atoms with van der Waals surface area (Å²) < 4.78 is 12.2. The Morgan fingerprint density at radius 1 is 1.17 bits per heavy atom. The number of ether oxygens (including phenoxy) is 2. The van der Waals surface area contributed by atoms with Crippen molar-refractivity contribution < 1.29 is 14.3 Å². The Bertz CT molecular complexity index is 760. The first-order valence-corrected chi connectivity index (χ1v) is 7.45. The van der Waals surface area contributed by atoms with E-state index in [2.05, 4.69) is 10.4 Å². The zero-order valence-corrected chi connectivity index (χ0v) is 13.4. The number of nitrogens with zero attached hydrogens (tertiary/aromatic N) is 2. The highest BCUT2D eigenvalue weighted by Gasteiger charge is 2.20. The average Bonchev–Trinajstić information content (AvgIpc) is 2.84. The third-order valence-corrected chi connectivity index (χ3v) is 3.68. The SMILES string of the molecule is Cc1ccc(-n2nc(C)c(NC(=O)C3=COCCO3)c2C)cc1. The van der Waals surface area contributed by atoms with Crippen molar-refractivity contribution in [3.63, 3.8) is 0 Å². The molecule has 0 atom stereocenters. The third-order valence-electron chi connectivity index (χ3n) is 3.68. The molecule has 0 saturated carbocycles. The summed E-state index contributed by atoms with van der Waals surface area (Å²) in [5.41, 5.74) is 4.43. The van der Waals surface area contributed by atoms with Gasteiger partial charge < -0.3 is 14.8 Å². The summed E-state index contributed by atoms with van der Waals surface area (Å²) in [6, 6.07) is 8.06. The minimum absolute atomic E-state index is 0.179. The Hall–Kier alpha value is -2.76. The van der Waals surface area contributed by atoms with E-state index < -0.39 is 0 Å². The van der Waals surface area contributed by atoms with Gasteiger partial charge in [-0.05, 0) is 32.9 Å². The molecule has 0 saturated heterocycles. The van der Waals surface area contributed by atoms with Crippen molar-refractivity contribution in [3.8, 4) is 5.69 Å². The molecule has 2 heterocycles. The number of anilines is 1. The topological polar surface area (TPSA) is 65.4 Å². The van der Waals surface area contributed by atoms with Crippen LogP contribution in [-0.2, 0) is 14.3 Å². The number of hydrogen-bond donors (Lipinski definition) is 1. The molecule has 0 unspecified atom stereocenters. The molecule has 0 spiro atoms. The minimum atomic E-state index is -0.334. The monoisotopic (exact) mass is 313 g/mol. The maximum absolute atomic E-state index is 12.2. The molecule has 0 aliphatic carbocycles. The van der Waals surface area contributed by atoms with Crippen molar-refractivity contribution in [2.24, 2.45) is 0 Å². The average molecular weight is 313 g/mol. The van der Waals surface area contributed by atoms with Crippen molar-refractivity contribution in [2.75, 3.05) is 18.5 Å². The van der Waals surface area contributed by atoms with E-state index in [1.54, 1.807) is 0 Å².